The summed E-state index contributed by atoms with van der Waals surface area (Å²) in [5.41, 5.74) is 9.06. The normalized spacial score (nSPS) is 11.4. The van der Waals surface area contributed by atoms with Gasteiger partial charge in [-0.15, -0.1) is 0 Å². The summed E-state index contributed by atoms with van der Waals surface area (Å²) in [6.45, 7) is 4.42. The number of nitrogens with zero attached hydrogens (tertiary/aromatic N) is 1. The number of fused-ring (bicyclic) bond motifs is 1. The number of anilines is 1. The highest BCUT2D eigenvalue weighted by Gasteiger charge is 2.12. The van der Waals surface area contributed by atoms with E-state index in [0.717, 1.165) is 23.9 Å². The molecule has 0 atom stereocenters. The van der Waals surface area contributed by atoms with Crippen LogP contribution in [0.2, 0.25) is 0 Å². The van der Waals surface area contributed by atoms with E-state index in [1.165, 1.54) is 5.56 Å². The van der Waals surface area contributed by atoms with Crippen LogP contribution < -0.4 is 5.73 Å². The summed E-state index contributed by atoms with van der Waals surface area (Å²) < 4.78 is 0. The Hall–Kier alpha value is -1.51. The van der Waals surface area contributed by atoms with Crippen LogP contribution in [0.4, 0.5) is 5.95 Å². The highest BCUT2D eigenvalue weighted by molar-refractivity contribution is 5.81. The zero-order chi connectivity index (χ0) is 10.8. The Morgan fingerprint density at radius 1 is 1.33 bits per heavy atom. The number of H-pyrrole nitrogens is 1. The molecule has 15 heavy (non-hydrogen) atoms. The van der Waals surface area contributed by atoms with Gasteiger partial charge in [-0.05, 0) is 30.4 Å². The SMILES string of the molecule is CCC(CC)c1cccc2[nH]c(N)nc12. The number of nitrogen functional groups attached to an aromatic ring is 1. The number of benzene rings is 1. The number of hydrogen-bond acceptors (Lipinski definition) is 2. The number of rotatable bonds is 3. The van der Waals surface area contributed by atoms with Crippen LogP contribution in [0.25, 0.3) is 11.0 Å². The predicted octanol–water partition coefficient (Wildman–Crippen LogP) is 3.05. The van der Waals surface area contributed by atoms with Gasteiger partial charge in [0.15, 0.2) is 5.95 Å². The summed E-state index contributed by atoms with van der Waals surface area (Å²) in [5, 5.41) is 0. The van der Waals surface area contributed by atoms with Crippen LogP contribution >= 0.6 is 0 Å². The van der Waals surface area contributed by atoms with Crippen LogP contribution in [0.15, 0.2) is 18.2 Å². The molecular weight excluding hydrogens is 186 g/mol. The van der Waals surface area contributed by atoms with Gasteiger partial charge >= 0.3 is 0 Å². The summed E-state index contributed by atoms with van der Waals surface area (Å²) >= 11 is 0. The van der Waals surface area contributed by atoms with Crippen molar-refractivity contribution >= 4 is 17.0 Å². The van der Waals surface area contributed by atoms with Crippen molar-refractivity contribution in [2.45, 2.75) is 32.6 Å². The van der Waals surface area contributed by atoms with Crippen molar-refractivity contribution in [3.63, 3.8) is 0 Å². The zero-order valence-electron chi connectivity index (χ0n) is 9.25. The second kappa shape index (κ2) is 3.93. The first-order valence-electron chi connectivity index (χ1n) is 5.50. The summed E-state index contributed by atoms with van der Waals surface area (Å²) in [5.74, 6) is 1.08. The molecule has 0 bridgehead atoms. The molecule has 0 saturated carbocycles. The summed E-state index contributed by atoms with van der Waals surface area (Å²) in [4.78, 5) is 7.42. The molecule has 3 heteroatoms. The van der Waals surface area contributed by atoms with Crippen LogP contribution in [0.5, 0.6) is 0 Å². The Kier molecular flexibility index (Phi) is 2.62. The van der Waals surface area contributed by atoms with Gasteiger partial charge in [-0.25, -0.2) is 4.98 Å². The molecule has 80 valence electrons. The Balaban J connectivity index is 2.58. The Bertz CT molecular complexity index is 455. The fraction of sp³-hybridized carbons (Fsp3) is 0.417. The molecule has 0 fully saturated rings. The van der Waals surface area contributed by atoms with Gasteiger partial charge in [0.05, 0.1) is 11.0 Å². The van der Waals surface area contributed by atoms with E-state index in [9.17, 15) is 0 Å². The fourth-order valence-corrected chi connectivity index (χ4v) is 2.13. The smallest absolute Gasteiger partial charge is 0.198 e. The Labute approximate surface area is 89.7 Å². The Morgan fingerprint density at radius 2 is 2.07 bits per heavy atom. The largest absolute Gasteiger partial charge is 0.369 e. The highest BCUT2D eigenvalue weighted by Crippen LogP contribution is 2.29. The standard InChI is InChI=1S/C12H17N3/c1-3-8(4-2)9-6-5-7-10-11(9)15-12(13)14-10/h5-8H,3-4H2,1-2H3,(H3,13,14,15). The minimum Gasteiger partial charge on any atom is -0.369 e. The number of aromatic nitrogens is 2. The second-order valence-electron chi connectivity index (χ2n) is 3.88. The first-order valence-corrected chi connectivity index (χ1v) is 5.50. The quantitative estimate of drug-likeness (QED) is 0.805. The molecule has 0 saturated heterocycles. The molecular formula is C12H17N3. The van der Waals surface area contributed by atoms with E-state index in [4.69, 9.17) is 5.73 Å². The molecule has 0 unspecified atom stereocenters. The average Bonchev–Trinajstić information content (AvgIpc) is 2.61. The van der Waals surface area contributed by atoms with E-state index in [-0.39, 0.29) is 0 Å². The third-order valence-corrected chi connectivity index (χ3v) is 2.99. The molecule has 0 aliphatic heterocycles. The van der Waals surface area contributed by atoms with Crippen molar-refractivity contribution in [3.05, 3.63) is 23.8 Å². The van der Waals surface area contributed by atoms with Gasteiger partial charge < -0.3 is 10.7 Å². The third-order valence-electron chi connectivity index (χ3n) is 2.99. The van der Waals surface area contributed by atoms with Crippen LogP contribution in [0, 0.1) is 0 Å². The third kappa shape index (κ3) is 1.69. The summed E-state index contributed by atoms with van der Waals surface area (Å²) in [7, 11) is 0. The lowest BCUT2D eigenvalue weighted by Crippen LogP contribution is -1.96. The molecule has 1 aromatic heterocycles. The van der Waals surface area contributed by atoms with Crippen molar-refractivity contribution in [1.29, 1.82) is 0 Å². The van der Waals surface area contributed by atoms with Crippen molar-refractivity contribution < 1.29 is 0 Å². The van der Waals surface area contributed by atoms with E-state index in [0.29, 0.717) is 11.9 Å². The molecule has 2 rings (SSSR count). The molecule has 1 heterocycles. The van der Waals surface area contributed by atoms with Gasteiger partial charge in [-0.3, -0.25) is 0 Å². The minimum absolute atomic E-state index is 0.503. The Morgan fingerprint density at radius 3 is 2.73 bits per heavy atom. The molecule has 0 aliphatic rings. The van der Waals surface area contributed by atoms with Crippen LogP contribution in [-0.4, -0.2) is 9.97 Å². The van der Waals surface area contributed by atoms with Crippen molar-refractivity contribution in [2.75, 3.05) is 5.73 Å². The topological polar surface area (TPSA) is 54.7 Å². The van der Waals surface area contributed by atoms with Gasteiger partial charge in [-0.2, -0.15) is 0 Å². The number of imidazole rings is 1. The minimum atomic E-state index is 0.503. The van der Waals surface area contributed by atoms with Crippen molar-refractivity contribution in [3.8, 4) is 0 Å². The number of nitrogens with two attached hydrogens (primary N) is 1. The number of para-hydroxylation sites is 1. The van der Waals surface area contributed by atoms with E-state index >= 15 is 0 Å². The molecule has 3 N–H and O–H groups in total. The van der Waals surface area contributed by atoms with E-state index in [2.05, 4.69) is 35.9 Å². The van der Waals surface area contributed by atoms with Gasteiger partial charge in [-0.1, -0.05) is 26.0 Å². The monoisotopic (exact) mass is 203 g/mol. The molecule has 0 aliphatic carbocycles. The van der Waals surface area contributed by atoms with E-state index in [1.54, 1.807) is 0 Å². The first-order chi connectivity index (χ1) is 7.26. The maximum absolute atomic E-state index is 5.68. The number of nitrogens with one attached hydrogen (secondary N) is 1. The van der Waals surface area contributed by atoms with E-state index < -0.39 is 0 Å². The first kappa shape index (κ1) is 10.0. The van der Waals surface area contributed by atoms with Gasteiger partial charge in [0.2, 0.25) is 0 Å². The molecule has 3 nitrogen and oxygen atoms in total. The molecule has 1 aromatic carbocycles. The average molecular weight is 203 g/mol. The maximum atomic E-state index is 5.68. The zero-order valence-corrected chi connectivity index (χ0v) is 9.25. The highest BCUT2D eigenvalue weighted by atomic mass is 15.0. The lowest BCUT2D eigenvalue weighted by atomic mass is 9.93. The molecule has 2 aromatic rings. The maximum Gasteiger partial charge on any atom is 0.198 e. The molecule has 0 amide bonds. The van der Waals surface area contributed by atoms with Crippen LogP contribution in [-0.2, 0) is 0 Å². The molecule has 0 spiro atoms. The number of hydrogen-bond donors (Lipinski definition) is 2. The van der Waals surface area contributed by atoms with Gasteiger partial charge in [0.1, 0.15) is 0 Å². The fourth-order valence-electron chi connectivity index (χ4n) is 2.13. The summed E-state index contributed by atoms with van der Waals surface area (Å²) in [6.07, 6.45) is 2.28. The van der Waals surface area contributed by atoms with E-state index in [1.807, 2.05) is 6.07 Å². The van der Waals surface area contributed by atoms with Crippen LogP contribution in [0.3, 0.4) is 0 Å². The van der Waals surface area contributed by atoms with Crippen LogP contribution in [0.1, 0.15) is 38.2 Å². The number of aromatic amines is 1. The summed E-state index contributed by atoms with van der Waals surface area (Å²) in [6, 6.07) is 6.23. The lowest BCUT2D eigenvalue weighted by Gasteiger charge is -2.12. The van der Waals surface area contributed by atoms with Gasteiger partial charge in [0.25, 0.3) is 0 Å². The van der Waals surface area contributed by atoms with Crippen molar-refractivity contribution in [2.24, 2.45) is 0 Å². The second-order valence-corrected chi connectivity index (χ2v) is 3.88. The molecule has 0 radical (unpaired) electrons. The van der Waals surface area contributed by atoms with Crippen molar-refractivity contribution in [1.82, 2.24) is 9.97 Å². The predicted molar refractivity (Wildman–Crippen MR) is 63.8 cm³/mol. The van der Waals surface area contributed by atoms with Gasteiger partial charge in [0, 0.05) is 0 Å². The lowest BCUT2D eigenvalue weighted by molar-refractivity contribution is 0.645.